The van der Waals surface area contributed by atoms with E-state index in [1.165, 1.54) is 22.0 Å². The monoisotopic (exact) mass is 262 g/mol. The highest BCUT2D eigenvalue weighted by molar-refractivity contribution is 5.93. The van der Waals surface area contributed by atoms with Crippen LogP contribution < -0.4 is 5.32 Å². The summed E-state index contributed by atoms with van der Waals surface area (Å²) in [5.41, 5.74) is 2.54. The zero-order chi connectivity index (χ0) is 13.8. The van der Waals surface area contributed by atoms with Gasteiger partial charge >= 0.3 is 0 Å². The fourth-order valence-corrected chi connectivity index (χ4v) is 2.44. The minimum absolute atomic E-state index is 0.480. The molecule has 0 fully saturated rings. The quantitative estimate of drug-likeness (QED) is 0.751. The summed E-state index contributed by atoms with van der Waals surface area (Å²) in [5.74, 6) is 0.480. The third-order valence-corrected chi connectivity index (χ3v) is 3.65. The Kier molecular flexibility index (Phi) is 3.64. The number of hydrogen-bond donors (Lipinski definition) is 1. The minimum atomic E-state index is 0.480. The van der Waals surface area contributed by atoms with Crippen molar-refractivity contribution in [1.29, 1.82) is 0 Å². The highest BCUT2D eigenvalue weighted by atomic mass is 14.9. The minimum Gasteiger partial charge on any atom is -0.384 e. The Hall–Kier alpha value is -2.35. The van der Waals surface area contributed by atoms with Gasteiger partial charge in [0.25, 0.3) is 0 Å². The van der Waals surface area contributed by atoms with Gasteiger partial charge in [0.05, 0.1) is 0 Å². The van der Waals surface area contributed by atoms with Crippen molar-refractivity contribution in [3.05, 3.63) is 72.6 Å². The van der Waals surface area contributed by atoms with Gasteiger partial charge in [-0.05, 0) is 23.6 Å². The maximum atomic E-state index is 4.17. The maximum Gasteiger partial charge on any atom is 0.0421 e. The molecule has 1 atom stereocenters. The van der Waals surface area contributed by atoms with E-state index in [-0.39, 0.29) is 0 Å². The number of fused-ring (bicyclic) bond motifs is 1. The van der Waals surface area contributed by atoms with E-state index in [0.29, 0.717) is 5.92 Å². The molecule has 20 heavy (non-hydrogen) atoms. The van der Waals surface area contributed by atoms with Gasteiger partial charge in [-0.1, -0.05) is 49.4 Å². The van der Waals surface area contributed by atoms with Gasteiger partial charge < -0.3 is 5.32 Å². The molecule has 3 aromatic rings. The number of rotatable bonds is 4. The summed E-state index contributed by atoms with van der Waals surface area (Å²) in [6, 6.07) is 18.9. The fourth-order valence-electron chi connectivity index (χ4n) is 2.44. The number of pyridine rings is 1. The molecule has 1 heterocycles. The Balaban J connectivity index is 1.77. The molecule has 0 bridgehead atoms. The molecule has 1 unspecified atom stereocenters. The van der Waals surface area contributed by atoms with Crippen LogP contribution >= 0.6 is 0 Å². The topological polar surface area (TPSA) is 24.9 Å². The molecule has 0 amide bonds. The molecule has 0 radical (unpaired) electrons. The van der Waals surface area contributed by atoms with Crippen LogP contribution in [-0.4, -0.2) is 11.5 Å². The third-order valence-electron chi connectivity index (χ3n) is 3.65. The van der Waals surface area contributed by atoms with Crippen LogP contribution in [0.3, 0.4) is 0 Å². The van der Waals surface area contributed by atoms with Gasteiger partial charge in [0.2, 0.25) is 0 Å². The summed E-state index contributed by atoms with van der Waals surface area (Å²) in [6.45, 7) is 3.17. The number of benzene rings is 2. The number of hydrogen-bond acceptors (Lipinski definition) is 2. The first-order chi connectivity index (χ1) is 9.84. The van der Waals surface area contributed by atoms with Gasteiger partial charge in [-0.25, -0.2) is 0 Å². The summed E-state index contributed by atoms with van der Waals surface area (Å²) in [7, 11) is 0. The Labute approximate surface area is 119 Å². The molecule has 3 rings (SSSR count). The first-order valence-electron chi connectivity index (χ1n) is 6.96. The largest absolute Gasteiger partial charge is 0.384 e. The van der Waals surface area contributed by atoms with Crippen LogP contribution in [0.4, 0.5) is 5.69 Å². The van der Waals surface area contributed by atoms with Crippen LogP contribution in [0.2, 0.25) is 0 Å². The molecule has 0 aliphatic heterocycles. The average molecular weight is 262 g/mol. The van der Waals surface area contributed by atoms with Gasteiger partial charge in [-0.3, -0.25) is 4.98 Å². The first kappa shape index (κ1) is 12.7. The fraction of sp³-hybridized carbons (Fsp3) is 0.167. The van der Waals surface area contributed by atoms with Crippen molar-refractivity contribution in [3.63, 3.8) is 0 Å². The van der Waals surface area contributed by atoms with Gasteiger partial charge in [0.15, 0.2) is 0 Å². The predicted molar refractivity (Wildman–Crippen MR) is 85.1 cm³/mol. The summed E-state index contributed by atoms with van der Waals surface area (Å²) >= 11 is 0. The van der Waals surface area contributed by atoms with Crippen LogP contribution in [0, 0.1) is 0 Å². The number of anilines is 1. The van der Waals surface area contributed by atoms with Gasteiger partial charge in [-0.15, -0.1) is 0 Å². The standard InChI is InChI=1S/C18H18N2/c1-14(15-6-3-2-4-7-15)12-20-18-9-5-8-16-13-19-11-10-17(16)18/h2-11,13-14,20H,12H2,1H3. The molecule has 0 saturated carbocycles. The van der Waals surface area contributed by atoms with Crippen molar-refractivity contribution in [2.45, 2.75) is 12.8 Å². The summed E-state index contributed by atoms with van der Waals surface area (Å²) in [6.07, 6.45) is 3.75. The average Bonchev–Trinajstić information content (AvgIpc) is 2.53. The third kappa shape index (κ3) is 2.64. The van der Waals surface area contributed by atoms with Crippen LogP contribution in [-0.2, 0) is 0 Å². The molecular formula is C18H18N2. The molecular weight excluding hydrogens is 244 g/mol. The van der Waals surface area contributed by atoms with E-state index in [0.717, 1.165) is 6.54 Å². The predicted octanol–water partition coefficient (Wildman–Crippen LogP) is 4.45. The Morgan fingerprint density at radius 2 is 1.85 bits per heavy atom. The lowest BCUT2D eigenvalue weighted by Gasteiger charge is -2.15. The molecule has 0 aliphatic carbocycles. The van der Waals surface area contributed by atoms with Crippen LogP contribution in [0.1, 0.15) is 18.4 Å². The maximum absolute atomic E-state index is 4.17. The van der Waals surface area contributed by atoms with Crippen molar-refractivity contribution in [2.24, 2.45) is 0 Å². The van der Waals surface area contributed by atoms with E-state index >= 15 is 0 Å². The van der Waals surface area contributed by atoms with Crippen molar-refractivity contribution < 1.29 is 0 Å². The highest BCUT2D eigenvalue weighted by Crippen LogP contribution is 2.23. The Morgan fingerprint density at radius 3 is 2.70 bits per heavy atom. The Morgan fingerprint density at radius 1 is 1.00 bits per heavy atom. The van der Waals surface area contributed by atoms with Crippen molar-refractivity contribution >= 4 is 16.5 Å². The Bertz CT molecular complexity index is 687. The van der Waals surface area contributed by atoms with E-state index in [4.69, 9.17) is 0 Å². The van der Waals surface area contributed by atoms with E-state index in [2.05, 4.69) is 71.8 Å². The van der Waals surface area contributed by atoms with Crippen LogP contribution in [0.5, 0.6) is 0 Å². The first-order valence-corrected chi connectivity index (χ1v) is 6.96. The van der Waals surface area contributed by atoms with Crippen molar-refractivity contribution in [3.8, 4) is 0 Å². The summed E-state index contributed by atoms with van der Waals surface area (Å²) in [5, 5.41) is 5.95. The molecule has 1 aromatic heterocycles. The van der Waals surface area contributed by atoms with Crippen LogP contribution in [0.25, 0.3) is 10.8 Å². The lowest BCUT2D eigenvalue weighted by molar-refractivity contribution is 0.806. The zero-order valence-electron chi connectivity index (χ0n) is 11.6. The molecule has 1 N–H and O–H groups in total. The van der Waals surface area contributed by atoms with Gasteiger partial charge in [0.1, 0.15) is 0 Å². The molecule has 2 aromatic carbocycles. The second-order valence-corrected chi connectivity index (χ2v) is 5.10. The molecule has 0 aliphatic rings. The molecule has 0 spiro atoms. The van der Waals surface area contributed by atoms with E-state index < -0.39 is 0 Å². The van der Waals surface area contributed by atoms with E-state index in [1.54, 1.807) is 0 Å². The second-order valence-electron chi connectivity index (χ2n) is 5.10. The van der Waals surface area contributed by atoms with E-state index in [9.17, 15) is 0 Å². The lowest BCUT2D eigenvalue weighted by Crippen LogP contribution is -2.09. The zero-order valence-corrected chi connectivity index (χ0v) is 11.6. The van der Waals surface area contributed by atoms with Crippen LogP contribution in [0.15, 0.2) is 67.0 Å². The van der Waals surface area contributed by atoms with Crippen molar-refractivity contribution in [1.82, 2.24) is 4.98 Å². The SMILES string of the molecule is CC(CNc1cccc2cnccc12)c1ccccc1. The summed E-state index contributed by atoms with van der Waals surface area (Å²) < 4.78 is 0. The van der Waals surface area contributed by atoms with E-state index in [1.807, 2.05) is 12.4 Å². The summed E-state index contributed by atoms with van der Waals surface area (Å²) in [4.78, 5) is 4.17. The molecule has 100 valence electrons. The number of aromatic nitrogens is 1. The lowest BCUT2D eigenvalue weighted by atomic mass is 10.0. The van der Waals surface area contributed by atoms with Crippen molar-refractivity contribution in [2.75, 3.05) is 11.9 Å². The molecule has 0 saturated heterocycles. The van der Waals surface area contributed by atoms with Gasteiger partial charge in [-0.2, -0.15) is 0 Å². The number of nitrogens with one attached hydrogen (secondary N) is 1. The molecule has 2 nitrogen and oxygen atoms in total. The van der Waals surface area contributed by atoms with Gasteiger partial charge in [0, 0.05) is 35.4 Å². The number of nitrogens with zero attached hydrogens (tertiary/aromatic N) is 1. The highest BCUT2D eigenvalue weighted by Gasteiger charge is 2.06. The second kappa shape index (κ2) is 5.74. The normalized spacial score (nSPS) is 12.2. The smallest absolute Gasteiger partial charge is 0.0421 e. The molecule has 2 heteroatoms.